The van der Waals surface area contributed by atoms with Crippen LogP contribution in [0.15, 0.2) is 35.2 Å². The highest BCUT2D eigenvalue weighted by Gasteiger charge is 2.32. The van der Waals surface area contributed by atoms with E-state index in [1.165, 1.54) is 23.9 Å². The molecule has 0 spiro atoms. The van der Waals surface area contributed by atoms with Gasteiger partial charge in [0, 0.05) is 22.4 Å². The molecule has 3 rings (SSSR count). The fourth-order valence-corrected chi connectivity index (χ4v) is 4.09. The fraction of sp³-hybridized carbons (Fsp3) is 0.471. The molecule has 27 heavy (non-hydrogen) atoms. The van der Waals surface area contributed by atoms with E-state index < -0.39 is 30.4 Å². The van der Waals surface area contributed by atoms with Crippen LogP contribution in [0.25, 0.3) is 0 Å². The molecule has 1 aliphatic rings. The number of nitrogens with one attached hydrogen (secondary N) is 1. The van der Waals surface area contributed by atoms with Crippen molar-refractivity contribution < 1.29 is 31.1 Å². The number of thioether (sulfide) groups is 1. The van der Waals surface area contributed by atoms with Crippen molar-refractivity contribution in [1.82, 2.24) is 10.2 Å². The molecule has 0 aliphatic carbocycles. The van der Waals surface area contributed by atoms with E-state index in [1.807, 2.05) is 0 Å². The largest absolute Gasteiger partial charge is 0.416 e. The molecule has 2 unspecified atom stereocenters. The van der Waals surface area contributed by atoms with Crippen LogP contribution in [0, 0.1) is 0 Å². The van der Waals surface area contributed by atoms with Crippen LogP contribution in [-0.4, -0.2) is 28.2 Å². The minimum atomic E-state index is -4.40. The Morgan fingerprint density at radius 2 is 1.93 bits per heavy atom. The summed E-state index contributed by atoms with van der Waals surface area (Å²) in [6.45, 7) is 0.364. The summed E-state index contributed by atoms with van der Waals surface area (Å²) in [7, 11) is 0. The van der Waals surface area contributed by atoms with Crippen LogP contribution in [0.1, 0.15) is 35.9 Å². The number of H-pyrrole nitrogens is 1. The normalized spacial score (nSPS) is 21.4. The summed E-state index contributed by atoms with van der Waals surface area (Å²) in [5.41, 5.74) is -0.377. The molecule has 1 N–H and O–H groups in total. The van der Waals surface area contributed by atoms with Gasteiger partial charge in [-0.15, -0.1) is 11.8 Å². The number of hydrogen-bond acceptors (Lipinski definition) is 3. The number of rotatable bonds is 4. The lowest BCUT2D eigenvalue weighted by atomic mass is 10.1. The maximum absolute atomic E-state index is 12.8. The van der Waals surface area contributed by atoms with Crippen LogP contribution < -0.4 is 0 Å². The second-order valence-electron chi connectivity index (χ2n) is 6.26. The molecule has 0 saturated carbocycles. The summed E-state index contributed by atoms with van der Waals surface area (Å²) in [6, 6.07) is 6.42. The highest BCUT2D eigenvalue weighted by atomic mass is 32.2. The van der Waals surface area contributed by atoms with Gasteiger partial charge in [-0.2, -0.15) is 31.4 Å². The van der Waals surface area contributed by atoms with Gasteiger partial charge in [-0.05, 0) is 37.1 Å². The molecule has 1 fully saturated rings. The number of aromatic amines is 1. The standard InChI is InChI=1S/C17H16F6N2OS/c18-16(19,20)9-11-7-14(25-24-11)15-8-13(4-5-26-15)27-12-3-1-2-10(6-12)17(21,22)23/h1-3,6-7,13,15H,4-5,8-9H2,(H,24,25). The van der Waals surface area contributed by atoms with E-state index in [1.54, 1.807) is 6.07 Å². The molecule has 0 amide bonds. The minimum Gasteiger partial charge on any atom is -0.372 e. The molecular weight excluding hydrogens is 394 g/mol. The Labute approximate surface area is 155 Å². The molecule has 1 aromatic carbocycles. The van der Waals surface area contributed by atoms with Gasteiger partial charge in [0.2, 0.25) is 0 Å². The van der Waals surface area contributed by atoms with Crippen LogP contribution in [0.3, 0.4) is 0 Å². The highest BCUT2D eigenvalue weighted by Crippen LogP contribution is 2.39. The third-order valence-corrected chi connectivity index (χ3v) is 5.36. The Kier molecular flexibility index (Phi) is 5.76. The molecule has 0 bridgehead atoms. The van der Waals surface area contributed by atoms with E-state index in [9.17, 15) is 26.3 Å². The van der Waals surface area contributed by atoms with Crippen molar-refractivity contribution >= 4 is 11.8 Å². The van der Waals surface area contributed by atoms with Gasteiger partial charge in [0.25, 0.3) is 0 Å². The van der Waals surface area contributed by atoms with Gasteiger partial charge in [0.1, 0.15) is 6.10 Å². The Morgan fingerprint density at radius 3 is 2.63 bits per heavy atom. The van der Waals surface area contributed by atoms with Gasteiger partial charge in [-0.1, -0.05) is 6.07 Å². The lowest BCUT2D eigenvalue weighted by Gasteiger charge is -2.28. The SMILES string of the molecule is FC(F)(F)Cc1cc(C2CC(Sc3cccc(C(F)(F)F)c3)CCO2)n[nH]1. The van der Waals surface area contributed by atoms with Gasteiger partial charge in [0.15, 0.2) is 0 Å². The zero-order valence-electron chi connectivity index (χ0n) is 13.9. The second-order valence-corrected chi connectivity index (χ2v) is 7.63. The number of nitrogens with zero attached hydrogens (tertiary/aromatic N) is 1. The van der Waals surface area contributed by atoms with E-state index in [2.05, 4.69) is 10.2 Å². The Hall–Kier alpha value is -1.68. The predicted octanol–water partition coefficient (Wildman–Crippen LogP) is 5.55. The first-order valence-corrected chi connectivity index (χ1v) is 9.04. The van der Waals surface area contributed by atoms with Crippen LogP contribution in [0.4, 0.5) is 26.3 Å². The van der Waals surface area contributed by atoms with Gasteiger partial charge in [-0.25, -0.2) is 0 Å². The first kappa shape index (κ1) is 20.1. The van der Waals surface area contributed by atoms with Crippen molar-refractivity contribution in [3.05, 3.63) is 47.3 Å². The summed E-state index contributed by atoms with van der Waals surface area (Å²) < 4.78 is 81.4. The first-order valence-electron chi connectivity index (χ1n) is 8.16. The molecular formula is C17H16F6N2OS. The number of hydrogen-bond donors (Lipinski definition) is 1. The van der Waals surface area contributed by atoms with Crippen molar-refractivity contribution in [2.75, 3.05) is 6.61 Å². The average Bonchev–Trinajstić information content (AvgIpc) is 3.01. The van der Waals surface area contributed by atoms with Gasteiger partial charge < -0.3 is 4.74 Å². The number of benzene rings is 1. The Morgan fingerprint density at radius 1 is 1.15 bits per heavy atom. The van der Waals surface area contributed by atoms with E-state index in [-0.39, 0.29) is 10.9 Å². The van der Waals surface area contributed by atoms with Gasteiger partial charge in [-0.3, -0.25) is 5.10 Å². The monoisotopic (exact) mass is 410 g/mol. The molecule has 2 heterocycles. The number of ether oxygens (including phenoxy) is 1. The molecule has 0 radical (unpaired) electrons. The van der Waals surface area contributed by atoms with Gasteiger partial charge >= 0.3 is 12.4 Å². The molecule has 148 valence electrons. The summed E-state index contributed by atoms with van der Waals surface area (Å²) in [5, 5.41) is 6.25. The smallest absolute Gasteiger partial charge is 0.372 e. The predicted molar refractivity (Wildman–Crippen MR) is 87.4 cm³/mol. The fourth-order valence-electron chi connectivity index (χ4n) is 2.87. The van der Waals surface area contributed by atoms with Crippen molar-refractivity contribution in [3.63, 3.8) is 0 Å². The van der Waals surface area contributed by atoms with Crippen molar-refractivity contribution in [2.45, 2.75) is 47.9 Å². The molecule has 3 nitrogen and oxygen atoms in total. The lowest BCUT2D eigenvalue weighted by Crippen LogP contribution is -2.22. The molecule has 2 atom stereocenters. The average molecular weight is 410 g/mol. The zero-order chi connectivity index (χ0) is 19.7. The van der Waals surface area contributed by atoms with Crippen LogP contribution in [-0.2, 0) is 17.3 Å². The number of halogens is 6. The minimum absolute atomic E-state index is 0.0185. The van der Waals surface area contributed by atoms with Gasteiger partial charge in [0.05, 0.1) is 17.7 Å². The number of aromatic nitrogens is 2. The van der Waals surface area contributed by atoms with Crippen molar-refractivity contribution in [2.24, 2.45) is 0 Å². The van der Waals surface area contributed by atoms with E-state index in [0.29, 0.717) is 30.0 Å². The Bertz CT molecular complexity index is 773. The topological polar surface area (TPSA) is 37.9 Å². The van der Waals surface area contributed by atoms with E-state index >= 15 is 0 Å². The summed E-state index contributed by atoms with van der Waals surface area (Å²) in [5.74, 6) is 0. The first-order chi connectivity index (χ1) is 12.6. The molecule has 10 heteroatoms. The van der Waals surface area contributed by atoms with Crippen LogP contribution in [0.2, 0.25) is 0 Å². The highest BCUT2D eigenvalue weighted by molar-refractivity contribution is 8.00. The maximum Gasteiger partial charge on any atom is 0.416 e. The van der Waals surface area contributed by atoms with E-state index in [4.69, 9.17) is 4.74 Å². The molecule has 1 aliphatic heterocycles. The van der Waals surface area contributed by atoms with E-state index in [0.717, 1.165) is 12.1 Å². The Balaban J connectivity index is 1.65. The second kappa shape index (κ2) is 7.75. The third kappa shape index (κ3) is 5.65. The lowest BCUT2D eigenvalue weighted by molar-refractivity contribution is -0.137. The summed E-state index contributed by atoms with van der Waals surface area (Å²) in [4.78, 5) is 0.496. The summed E-state index contributed by atoms with van der Waals surface area (Å²) >= 11 is 1.31. The summed E-state index contributed by atoms with van der Waals surface area (Å²) in [6.07, 6.45) is -9.23. The van der Waals surface area contributed by atoms with Crippen molar-refractivity contribution in [3.8, 4) is 0 Å². The number of alkyl halides is 6. The molecule has 2 aromatic rings. The third-order valence-electron chi connectivity index (χ3n) is 4.07. The zero-order valence-corrected chi connectivity index (χ0v) is 14.7. The maximum atomic E-state index is 12.8. The van der Waals surface area contributed by atoms with Crippen LogP contribution >= 0.6 is 11.8 Å². The van der Waals surface area contributed by atoms with Crippen molar-refractivity contribution in [1.29, 1.82) is 0 Å². The van der Waals surface area contributed by atoms with Crippen LogP contribution in [0.5, 0.6) is 0 Å². The quantitative estimate of drug-likeness (QED) is 0.672. The molecule has 1 saturated heterocycles. The molecule has 1 aromatic heterocycles.